The Kier molecular flexibility index (Phi) is 2.77. The largest absolute Gasteiger partial charge is 0.261 e. The SMILES string of the molecule is CCc1cc(-c2cc(C)ccn2)ccn1. The number of hydrogen-bond donors (Lipinski definition) is 0. The fourth-order valence-corrected chi connectivity index (χ4v) is 1.52. The Bertz CT molecular complexity index is 464. The third-order valence-corrected chi connectivity index (χ3v) is 2.39. The van der Waals surface area contributed by atoms with Crippen LogP contribution in [-0.2, 0) is 6.42 Å². The second-order valence-corrected chi connectivity index (χ2v) is 3.61. The lowest BCUT2D eigenvalue weighted by Gasteiger charge is -2.03. The average molecular weight is 198 g/mol. The fourth-order valence-electron chi connectivity index (χ4n) is 1.52. The molecule has 2 nitrogen and oxygen atoms in total. The monoisotopic (exact) mass is 198 g/mol. The van der Waals surface area contributed by atoms with Crippen LogP contribution in [0.15, 0.2) is 36.7 Å². The predicted molar refractivity (Wildman–Crippen MR) is 61.6 cm³/mol. The second-order valence-electron chi connectivity index (χ2n) is 3.61. The molecular formula is C13H14N2. The van der Waals surface area contributed by atoms with Crippen LogP contribution >= 0.6 is 0 Å². The summed E-state index contributed by atoms with van der Waals surface area (Å²) in [6.45, 7) is 4.18. The van der Waals surface area contributed by atoms with Crippen LogP contribution in [0.1, 0.15) is 18.2 Å². The van der Waals surface area contributed by atoms with E-state index in [0.29, 0.717) is 0 Å². The first-order chi connectivity index (χ1) is 7.29. The minimum atomic E-state index is 0.958. The summed E-state index contributed by atoms with van der Waals surface area (Å²) in [4.78, 5) is 8.64. The van der Waals surface area contributed by atoms with E-state index in [0.717, 1.165) is 23.4 Å². The summed E-state index contributed by atoms with van der Waals surface area (Å²) in [5, 5.41) is 0. The van der Waals surface area contributed by atoms with E-state index < -0.39 is 0 Å². The van der Waals surface area contributed by atoms with Gasteiger partial charge in [-0.05, 0) is 43.2 Å². The molecule has 0 bridgehead atoms. The summed E-state index contributed by atoms with van der Waals surface area (Å²) in [7, 11) is 0. The molecular weight excluding hydrogens is 184 g/mol. The third-order valence-electron chi connectivity index (χ3n) is 2.39. The second kappa shape index (κ2) is 4.22. The van der Waals surface area contributed by atoms with Gasteiger partial charge in [0, 0.05) is 23.7 Å². The molecule has 0 aliphatic rings. The average Bonchev–Trinajstić information content (AvgIpc) is 2.29. The summed E-state index contributed by atoms with van der Waals surface area (Å²) in [6.07, 6.45) is 4.65. The molecule has 2 rings (SSSR count). The highest BCUT2D eigenvalue weighted by atomic mass is 14.7. The molecule has 0 fully saturated rings. The van der Waals surface area contributed by atoms with Gasteiger partial charge in [0.15, 0.2) is 0 Å². The third kappa shape index (κ3) is 2.21. The normalized spacial score (nSPS) is 10.3. The van der Waals surface area contributed by atoms with Gasteiger partial charge in [-0.2, -0.15) is 0 Å². The molecule has 0 N–H and O–H groups in total. The molecule has 0 saturated carbocycles. The molecule has 0 aliphatic heterocycles. The van der Waals surface area contributed by atoms with Crippen molar-refractivity contribution in [2.45, 2.75) is 20.3 Å². The van der Waals surface area contributed by atoms with E-state index in [4.69, 9.17) is 0 Å². The van der Waals surface area contributed by atoms with Crippen LogP contribution in [0.2, 0.25) is 0 Å². The number of aromatic nitrogens is 2. The van der Waals surface area contributed by atoms with E-state index in [2.05, 4.69) is 35.9 Å². The van der Waals surface area contributed by atoms with Gasteiger partial charge in [-0.25, -0.2) is 0 Å². The minimum absolute atomic E-state index is 0.958. The molecule has 2 aromatic rings. The molecule has 0 aromatic carbocycles. The van der Waals surface area contributed by atoms with Gasteiger partial charge in [-0.3, -0.25) is 9.97 Å². The van der Waals surface area contributed by atoms with Gasteiger partial charge >= 0.3 is 0 Å². The van der Waals surface area contributed by atoms with Crippen molar-refractivity contribution in [1.29, 1.82) is 0 Å². The molecule has 15 heavy (non-hydrogen) atoms. The van der Waals surface area contributed by atoms with Gasteiger partial charge in [-0.1, -0.05) is 6.92 Å². The Balaban J connectivity index is 2.44. The van der Waals surface area contributed by atoms with Crippen molar-refractivity contribution in [2.75, 3.05) is 0 Å². The smallest absolute Gasteiger partial charge is 0.0705 e. The zero-order valence-electron chi connectivity index (χ0n) is 9.07. The number of aryl methyl sites for hydroxylation is 2. The molecule has 0 saturated heterocycles. The predicted octanol–water partition coefficient (Wildman–Crippen LogP) is 3.01. The maximum absolute atomic E-state index is 4.36. The van der Waals surface area contributed by atoms with Crippen molar-refractivity contribution in [3.63, 3.8) is 0 Å². The molecule has 0 aliphatic carbocycles. The van der Waals surface area contributed by atoms with Crippen molar-refractivity contribution < 1.29 is 0 Å². The summed E-state index contributed by atoms with van der Waals surface area (Å²) < 4.78 is 0. The van der Waals surface area contributed by atoms with Crippen LogP contribution in [0, 0.1) is 6.92 Å². The van der Waals surface area contributed by atoms with Crippen molar-refractivity contribution in [3.8, 4) is 11.3 Å². The number of nitrogens with zero attached hydrogens (tertiary/aromatic N) is 2. The molecule has 0 unspecified atom stereocenters. The van der Waals surface area contributed by atoms with Gasteiger partial charge in [0.25, 0.3) is 0 Å². The molecule has 0 atom stereocenters. The van der Waals surface area contributed by atoms with Crippen LogP contribution < -0.4 is 0 Å². The van der Waals surface area contributed by atoms with E-state index in [1.165, 1.54) is 5.56 Å². The molecule has 0 spiro atoms. The van der Waals surface area contributed by atoms with Gasteiger partial charge < -0.3 is 0 Å². The van der Waals surface area contributed by atoms with Crippen LogP contribution in [0.4, 0.5) is 0 Å². The van der Waals surface area contributed by atoms with Crippen LogP contribution in [0.5, 0.6) is 0 Å². The maximum Gasteiger partial charge on any atom is 0.0705 e. The molecule has 2 heterocycles. The first-order valence-corrected chi connectivity index (χ1v) is 5.17. The minimum Gasteiger partial charge on any atom is -0.261 e. The van der Waals surface area contributed by atoms with Crippen molar-refractivity contribution in [2.24, 2.45) is 0 Å². The van der Waals surface area contributed by atoms with Gasteiger partial charge in [0.05, 0.1) is 5.69 Å². The van der Waals surface area contributed by atoms with Crippen molar-refractivity contribution >= 4 is 0 Å². The van der Waals surface area contributed by atoms with Crippen LogP contribution in [-0.4, -0.2) is 9.97 Å². The van der Waals surface area contributed by atoms with Crippen molar-refractivity contribution in [1.82, 2.24) is 9.97 Å². The lowest BCUT2D eigenvalue weighted by Crippen LogP contribution is -1.89. The van der Waals surface area contributed by atoms with Gasteiger partial charge in [0.1, 0.15) is 0 Å². The summed E-state index contributed by atoms with van der Waals surface area (Å²) >= 11 is 0. The molecule has 2 aromatic heterocycles. The molecule has 76 valence electrons. The Labute approximate surface area is 90.0 Å². The quantitative estimate of drug-likeness (QED) is 0.741. The van der Waals surface area contributed by atoms with E-state index in [9.17, 15) is 0 Å². The van der Waals surface area contributed by atoms with E-state index in [1.807, 2.05) is 24.5 Å². The fraction of sp³-hybridized carbons (Fsp3) is 0.231. The first kappa shape index (κ1) is 9.84. The summed E-state index contributed by atoms with van der Waals surface area (Å²) in [6, 6.07) is 8.20. The Morgan fingerprint density at radius 2 is 1.87 bits per heavy atom. The Hall–Kier alpha value is -1.70. The van der Waals surface area contributed by atoms with E-state index in [-0.39, 0.29) is 0 Å². The number of hydrogen-bond acceptors (Lipinski definition) is 2. The zero-order chi connectivity index (χ0) is 10.7. The van der Waals surface area contributed by atoms with Crippen LogP contribution in [0.25, 0.3) is 11.3 Å². The van der Waals surface area contributed by atoms with E-state index in [1.54, 1.807) is 0 Å². The van der Waals surface area contributed by atoms with E-state index >= 15 is 0 Å². The highest BCUT2D eigenvalue weighted by molar-refractivity contribution is 5.59. The highest BCUT2D eigenvalue weighted by Gasteiger charge is 2.00. The first-order valence-electron chi connectivity index (χ1n) is 5.17. The number of rotatable bonds is 2. The highest BCUT2D eigenvalue weighted by Crippen LogP contribution is 2.17. The summed E-state index contributed by atoms with van der Waals surface area (Å²) in [5.74, 6) is 0. The standard InChI is InChI=1S/C13H14N2/c1-3-12-9-11(5-7-14-12)13-8-10(2)4-6-15-13/h4-9H,3H2,1-2H3. The van der Waals surface area contributed by atoms with Crippen molar-refractivity contribution in [3.05, 3.63) is 47.9 Å². The van der Waals surface area contributed by atoms with Gasteiger partial charge in [0.2, 0.25) is 0 Å². The molecule has 0 amide bonds. The Morgan fingerprint density at radius 3 is 2.60 bits per heavy atom. The Morgan fingerprint density at radius 1 is 1.07 bits per heavy atom. The summed E-state index contributed by atoms with van der Waals surface area (Å²) in [5.41, 5.74) is 4.50. The lowest BCUT2D eigenvalue weighted by molar-refractivity contribution is 1.04. The zero-order valence-corrected chi connectivity index (χ0v) is 9.07. The maximum atomic E-state index is 4.36. The molecule has 0 radical (unpaired) electrons. The lowest BCUT2D eigenvalue weighted by atomic mass is 10.1. The van der Waals surface area contributed by atoms with Crippen LogP contribution in [0.3, 0.4) is 0 Å². The topological polar surface area (TPSA) is 25.8 Å². The number of pyridine rings is 2. The molecule has 2 heteroatoms. The van der Waals surface area contributed by atoms with Gasteiger partial charge in [-0.15, -0.1) is 0 Å².